The van der Waals surface area contributed by atoms with Gasteiger partial charge in [-0.15, -0.1) is 0 Å². The first kappa shape index (κ1) is 14.2. The molecule has 0 unspecified atom stereocenters. The smallest absolute Gasteiger partial charge is 0.231 e. The van der Waals surface area contributed by atoms with E-state index in [1.807, 2.05) is 0 Å². The molecule has 0 atom stereocenters. The standard InChI is InChI=1S/C14H18N2O4/c1-3-14(18)15-6-7-16(10(2)17)11-4-5-12-13(8-11)20-9-19-12/h4-5,8H,3,6-7,9H2,1-2H3,(H,15,18). The first-order chi connectivity index (χ1) is 9.61. The number of nitrogens with one attached hydrogen (secondary N) is 1. The number of hydrogen-bond acceptors (Lipinski definition) is 4. The monoisotopic (exact) mass is 278 g/mol. The average molecular weight is 278 g/mol. The molecule has 0 aliphatic carbocycles. The second-order valence-corrected chi connectivity index (χ2v) is 4.41. The summed E-state index contributed by atoms with van der Waals surface area (Å²) in [6.45, 7) is 4.31. The minimum Gasteiger partial charge on any atom is -0.454 e. The van der Waals surface area contributed by atoms with E-state index in [0.29, 0.717) is 31.0 Å². The Morgan fingerprint density at radius 3 is 2.75 bits per heavy atom. The molecule has 0 aromatic heterocycles. The van der Waals surface area contributed by atoms with Gasteiger partial charge < -0.3 is 19.7 Å². The fourth-order valence-electron chi connectivity index (χ4n) is 1.95. The number of anilines is 1. The highest BCUT2D eigenvalue weighted by Gasteiger charge is 2.18. The van der Waals surface area contributed by atoms with Crippen molar-refractivity contribution in [2.45, 2.75) is 20.3 Å². The quantitative estimate of drug-likeness (QED) is 0.881. The van der Waals surface area contributed by atoms with Crippen LogP contribution in [0.4, 0.5) is 5.69 Å². The van der Waals surface area contributed by atoms with Crippen molar-refractivity contribution >= 4 is 17.5 Å². The van der Waals surface area contributed by atoms with Crippen molar-refractivity contribution in [3.63, 3.8) is 0 Å². The van der Waals surface area contributed by atoms with Gasteiger partial charge in [-0.1, -0.05) is 6.92 Å². The van der Waals surface area contributed by atoms with Crippen molar-refractivity contribution in [3.8, 4) is 11.5 Å². The fraction of sp³-hybridized carbons (Fsp3) is 0.429. The van der Waals surface area contributed by atoms with E-state index < -0.39 is 0 Å². The highest BCUT2D eigenvalue weighted by molar-refractivity contribution is 5.92. The lowest BCUT2D eigenvalue weighted by atomic mass is 10.2. The second kappa shape index (κ2) is 6.27. The molecule has 108 valence electrons. The summed E-state index contributed by atoms with van der Waals surface area (Å²) in [4.78, 5) is 24.5. The molecule has 6 heteroatoms. The molecule has 1 aromatic rings. The minimum atomic E-state index is -0.0883. The largest absolute Gasteiger partial charge is 0.454 e. The summed E-state index contributed by atoms with van der Waals surface area (Å²) in [5.41, 5.74) is 0.729. The van der Waals surface area contributed by atoms with Crippen LogP contribution < -0.4 is 19.7 Å². The average Bonchev–Trinajstić information content (AvgIpc) is 2.90. The number of amides is 2. The Balaban J connectivity index is 2.05. The Morgan fingerprint density at radius 1 is 1.30 bits per heavy atom. The summed E-state index contributed by atoms with van der Waals surface area (Å²) in [7, 11) is 0. The van der Waals surface area contributed by atoms with Crippen LogP contribution in [-0.2, 0) is 9.59 Å². The molecule has 1 heterocycles. The van der Waals surface area contributed by atoms with Crippen LogP contribution in [0, 0.1) is 0 Å². The summed E-state index contributed by atoms with van der Waals surface area (Å²) in [5.74, 6) is 1.19. The van der Waals surface area contributed by atoms with Crippen LogP contribution in [0.25, 0.3) is 0 Å². The van der Waals surface area contributed by atoms with E-state index in [9.17, 15) is 9.59 Å². The summed E-state index contributed by atoms with van der Waals surface area (Å²) < 4.78 is 10.5. The van der Waals surface area contributed by atoms with Gasteiger partial charge in [-0.05, 0) is 12.1 Å². The fourth-order valence-corrected chi connectivity index (χ4v) is 1.95. The van der Waals surface area contributed by atoms with Crippen molar-refractivity contribution in [1.29, 1.82) is 0 Å². The van der Waals surface area contributed by atoms with Crippen molar-refractivity contribution in [1.82, 2.24) is 5.32 Å². The Hall–Kier alpha value is -2.24. The van der Waals surface area contributed by atoms with Crippen LogP contribution in [0.15, 0.2) is 18.2 Å². The van der Waals surface area contributed by atoms with Gasteiger partial charge in [0.2, 0.25) is 18.6 Å². The third kappa shape index (κ3) is 3.20. The van der Waals surface area contributed by atoms with Crippen LogP contribution in [0.5, 0.6) is 11.5 Å². The maximum absolute atomic E-state index is 11.7. The predicted octanol–water partition coefficient (Wildman–Crippen LogP) is 1.29. The molecule has 0 spiro atoms. The molecule has 0 fully saturated rings. The van der Waals surface area contributed by atoms with E-state index in [0.717, 1.165) is 5.69 Å². The lowest BCUT2D eigenvalue weighted by molar-refractivity contribution is -0.121. The Morgan fingerprint density at radius 2 is 2.05 bits per heavy atom. The third-order valence-corrected chi connectivity index (χ3v) is 3.03. The van der Waals surface area contributed by atoms with Crippen molar-refractivity contribution in [2.75, 3.05) is 24.8 Å². The number of carbonyl (C=O) groups is 2. The molecule has 2 amide bonds. The molecule has 1 aliphatic rings. The Kier molecular flexibility index (Phi) is 4.45. The molecular weight excluding hydrogens is 260 g/mol. The number of fused-ring (bicyclic) bond motifs is 1. The Bertz CT molecular complexity index is 516. The van der Waals surface area contributed by atoms with E-state index in [2.05, 4.69) is 5.32 Å². The van der Waals surface area contributed by atoms with E-state index in [1.54, 1.807) is 30.0 Å². The maximum Gasteiger partial charge on any atom is 0.231 e. The molecular formula is C14H18N2O4. The van der Waals surface area contributed by atoms with Crippen molar-refractivity contribution in [2.24, 2.45) is 0 Å². The van der Waals surface area contributed by atoms with Crippen molar-refractivity contribution in [3.05, 3.63) is 18.2 Å². The van der Waals surface area contributed by atoms with Gasteiger partial charge in [0.25, 0.3) is 0 Å². The molecule has 0 radical (unpaired) electrons. The second-order valence-electron chi connectivity index (χ2n) is 4.41. The van der Waals surface area contributed by atoms with E-state index >= 15 is 0 Å². The van der Waals surface area contributed by atoms with Gasteiger partial charge in [0.1, 0.15) is 0 Å². The molecule has 0 saturated carbocycles. The molecule has 0 saturated heterocycles. The lowest BCUT2D eigenvalue weighted by Crippen LogP contribution is -2.37. The molecule has 0 bridgehead atoms. The normalized spacial score (nSPS) is 12.1. The zero-order chi connectivity index (χ0) is 14.5. The zero-order valence-corrected chi connectivity index (χ0v) is 11.6. The first-order valence-corrected chi connectivity index (χ1v) is 6.56. The number of benzene rings is 1. The van der Waals surface area contributed by atoms with Gasteiger partial charge in [0.15, 0.2) is 11.5 Å². The SMILES string of the molecule is CCC(=O)NCCN(C(C)=O)c1ccc2c(c1)OCO2. The summed E-state index contributed by atoms with van der Waals surface area (Å²) >= 11 is 0. The Labute approximate surface area is 117 Å². The number of ether oxygens (including phenoxy) is 2. The van der Waals surface area contributed by atoms with Gasteiger partial charge in [0.05, 0.1) is 0 Å². The molecule has 1 aromatic carbocycles. The van der Waals surface area contributed by atoms with Gasteiger partial charge >= 0.3 is 0 Å². The van der Waals surface area contributed by atoms with E-state index in [1.165, 1.54) is 6.92 Å². The first-order valence-electron chi connectivity index (χ1n) is 6.56. The number of rotatable bonds is 5. The number of nitrogens with zero attached hydrogens (tertiary/aromatic N) is 1. The van der Waals surface area contributed by atoms with E-state index in [-0.39, 0.29) is 18.6 Å². The zero-order valence-electron chi connectivity index (χ0n) is 11.6. The van der Waals surface area contributed by atoms with E-state index in [4.69, 9.17) is 9.47 Å². The number of carbonyl (C=O) groups excluding carboxylic acids is 2. The number of hydrogen-bond donors (Lipinski definition) is 1. The van der Waals surface area contributed by atoms with Gasteiger partial charge in [-0.25, -0.2) is 0 Å². The molecule has 2 rings (SSSR count). The molecule has 1 aliphatic heterocycles. The lowest BCUT2D eigenvalue weighted by Gasteiger charge is -2.21. The summed E-state index contributed by atoms with van der Waals surface area (Å²) in [6, 6.07) is 5.35. The highest BCUT2D eigenvalue weighted by Crippen LogP contribution is 2.35. The molecule has 6 nitrogen and oxygen atoms in total. The van der Waals surface area contributed by atoms with Gasteiger partial charge in [0, 0.05) is 38.2 Å². The molecule has 20 heavy (non-hydrogen) atoms. The van der Waals surface area contributed by atoms with Gasteiger partial charge in [-0.2, -0.15) is 0 Å². The van der Waals surface area contributed by atoms with Crippen LogP contribution in [0.3, 0.4) is 0 Å². The minimum absolute atomic E-state index is 0.0285. The predicted molar refractivity (Wildman–Crippen MR) is 73.9 cm³/mol. The van der Waals surface area contributed by atoms with Crippen LogP contribution in [-0.4, -0.2) is 31.7 Å². The van der Waals surface area contributed by atoms with Crippen molar-refractivity contribution < 1.29 is 19.1 Å². The maximum atomic E-state index is 11.7. The van der Waals surface area contributed by atoms with Gasteiger partial charge in [-0.3, -0.25) is 9.59 Å². The summed E-state index contributed by atoms with van der Waals surface area (Å²) in [6.07, 6.45) is 0.435. The topological polar surface area (TPSA) is 67.9 Å². The van der Waals surface area contributed by atoms with Crippen LogP contribution in [0.2, 0.25) is 0 Å². The van der Waals surface area contributed by atoms with Crippen LogP contribution in [0.1, 0.15) is 20.3 Å². The highest BCUT2D eigenvalue weighted by atomic mass is 16.7. The van der Waals surface area contributed by atoms with Crippen LogP contribution >= 0.6 is 0 Å². The summed E-state index contributed by atoms with van der Waals surface area (Å²) in [5, 5.41) is 2.75. The molecule has 1 N–H and O–H groups in total. The third-order valence-electron chi connectivity index (χ3n) is 3.03.